The van der Waals surface area contributed by atoms with Crippen LogP contribution >= 0.6 is 23.2 Å². The molecule has 1 aliphatic rings. The van der Waals surface area contributed by atoms with Gasteiger partial charge in [-0.05, 0) is 24.6 Å². The number of hydrogen-bond acceptors (Lipinski definition) is 2. The monoisotopic (exact) mass is 256 g/mol. The molecule has 0 radical (unpaired) electrons. The van der Waals surface area contributed by atoms with Crippen LogP contribution in [0.15, 0.2) is 29.8 Å². The summed E-state index contributed by atoms with van der Waals surface area (Å²) >= 11 is 11.9. The van der Waals surface area contributed by atoms with Crippen LogP contribution in [0.4, 0.5) is 5.69 Å². The van der Waals surface area contributed by atoms with E-state index < -0.39 is 0 Å². The quantitative estimate of drug-likeness (QED) is 0.825. The third-order valence-electron chi connectivity index (χ3n) is 2.83. The number of halogens is 2. The molecule has 0 amide bonds. The summed E-state index contributed by atoms with van der Waals surface area (Å²) in [7, 11) is 0. The number of hydrogen-bond donors (Lipinski definition) is 1. The van der Waals surface area contributed by atoms with Crippen LogP contribution in [0.25, 0.3) is 0 Å². The third-order valence-corrected chi connectivity index (χ3v) is 3.57. The molecular formula is C12H14Cl2N2. The van der Waals surface area contributed by atoms with Gasteiger partial charge in [-0.2, -0.15) is 0 Å². The molecule has 0 unspecified atom stereocenters. The maximum atomic E-state index is 5.99. The van der Waals surface area contributed by atoms with Gasteiger partial charge in [0.2, 0.25) is 0 Å². The number of rotatable bonds is 2. The summed E-state index contributed by atoms with van der Waals surface area (Å²) < 4.78 is 0. The summed E-state index contributed by atoms with van der Waals surface area (Å²) in [4.78, 5) is 2.27. The van der Waals surface area contributed by atoms with Crippen molar-refractivity contribution in [3.05, 3.63) is 39.9 Å². The fraction of sp³-hybridized carbons (Fsp3) is 0.333. The van der Waals surface area contributed by atoms with Crippen molar-refractivity contribution in [2.24, 2.45) is 5.73 Å². The average Bonchev–Trinajstić information content (AvgIpc) is 2.33. The molecule has 0 atom stereocenters. The molecule has 0 saturated heterocycles. The van der Waals surface area contributed by atoms with E-state index in [0.717, 1.165) is 25.2 Å². The molecule has 4 heteroatoms. The van der Waals surface area contributed by atoms with Gasteiger partial charge in [-0.25, -0.2) is 0 Å². The fourth-order valence-electron chi connectivity index (χ4n) is 1.81. The first-order valence-electron chi connectivity index (χ1n) is 5.28. The van der Waals surface area contributed by atoms with Crippen molar-refractivity contribution in [1.82, 2.24) is 0 Å². The summed E-state index contributed by atoms with van der Waals surface area (Å²) in [6, 6.07) is 5.74. The minimum atomic E-state index is 0.598. The van der Waals surface area contributed by atoms with Crippen molar-refractivity contribution in [1.29, 1.82) is 0 Å². The summed E-state index contributed by atoms with van der Waals surface area (Å²) in [5.74, 6) is 0. The minimum absolute atomic E-state index is 0.598. The first-order chi connectivity index (χ1) is 7.70. The maximum absolute atomic E-state index is 5.99. The standard InChI is InChI=1S/C12H14Cl2N2/c13-11-2-1-10(7-12(11)14)16-5-3-9(8-15)4-6-16/h1-3,7H,4-6,8,15H2. The zero-order chi connectivity index (χ0) is 11.5. The molecule has 0 bridgehead atoms. The van der Waals surface area contributed by atoms with Gasteiger partial charge in [0, 0.05) is 25.3 Å². The lowest BCUT2D eigenvalue weighted by Gasteiger charge is -2.28. The molecule has 2 nitrogen and oxygen atoms in total. The molecule has 1 aromatic carbocycles. The van der Waals surface area contributed by atoms with Gasteiger partial charge in [-0.1, -0.05) is 34.9 Å². The Morgan fingerprint density at radius 1 is 1.25 bits per heavy atom. The second kappa shape index (κ2) is 5.09. The normalized spacial score (nSPS) is 16.2. The van der Waals surface area contributed by atoms with Crippen LogP contribution in [0.2, 0.25) is 10.0 Å². The van der Waals surface area contributed by atoms with E-state index in [-0.39, 0.29) is 0 Å². The fourth-order valence-corrected chi connectivity index (χ4v) is 2.11. The number of nitrogens with zero attached hydrogens (tertiary/aromatic N) is 1. The van der Waals surface area contributed by atoms with Gasteiger partial charge >= 0.3 is 0 Å². The summed E-state index contributed by atoms with van der Waals surface area (Å²) in [6.07, 6.45) is 3.21. The van der Waals surface area contributed by atoms with Gasteiger partial charge in [0.25, 0.3) is 0 Å². The predicted molar refractivity (Wildman–Crippen MR) is 70.4 cm³/mol. The average molecular weight is 257 g/mol. The molecule has 16 heavy (non-hydrogen) atoms. The van der Waals surface area contributed by atoms with Crippen LogP contribution < -0.4 is 10.6 Å². The Balaban J connectivity index is 2.14. The number of benzene rings is 1. The summed E-state index contributed by atoms with van der Waals surface area (Å²) in [6.45, 7) is 2.54. The topological polar surface area (TPSA) is 29.3 Å². The van der Waals surface area contributed by atoms with E-state index in [1.54, 1.807) is 0 Å². The second-order valence-corrected chi connectivity index (χ2v) is 4.68. The van der Waals surface area contributed by atoms with Crippen LogP contribution in [0.5, 0.6) is 0 Å². The number of anilines is 1. The SMILES string of the molecule is NCC1=CCN(c2ccc(Cl)c(Cl)c2)CC1. The molecule has 86 valence electrons. The molecule has 1 aromatic rings. The lowest BCUT2D eigenvalue weighted by molar-refractivity contribution is 0.773. The Morgan fingerprint density at radius 3 is 2.62 bits per heavy atom. The maximum Gasteiger partial charge on any atom is 0.0612 e. The highest BCUT2D eigenvalue weighted by molar-refractivity contribution is 6.42. The van der Waals surface area contributed by atoms with Crippen molar-refractivity contribution in [3.8, 4) is 0 Å². The third kappa shape index (κ3) is 2.51. The molecule has 0 fully saturated rings. The van der Waals surface area contributed by atoms with Crippen molar-refractivity contribution < 1.29 is 0 Å². The molecule has 0 saturated carbocycles. The largest absolute Gasteiger partial charge is 0.367 e. The van der Waals surface area contributed by atoms with E-state index in [1.807, 2.05) is 18.2 Å². The summed E-state index contributed by atoms with van der Waals surface area (Å²) in [5.41, 5.74) is 8.05. The van der Waals surface area contributed by atoms with Crippen molar-refractivity contribution in [3.63, 3.8) is 0 Å². The highest BCUT2D eigenvalue weighted by Gasteiger charge is 2.12. The Morgan fingerprint density at radius 2 is 2.06 bits per heavy atom. The molecule has 0 spiro atoms. The van der Waals surface area contributed by atoms with E-state index >= 15 is 0 Å². The van der Waals surface area contributed by atoms with Crippen molar-refractivity contribution in [2.45, 2.75) is 6.42 Å². The number of nitrogens with two attached hydrogens (primary N) is 1. The molecule has 0 aliphatic carbocycles. The van der Waals surface area contributed by atoms with E-state index in [0.29, 0.717) is 16.6 Å². The molecule has 2 N–H and O–H groups in total. The van der Waals surface area contributed by atoms with E-state index in [4.69, 9.17) is 28.9 Å². The van der Waals surface area contributed by atoms with Gasteiger partial charge in [0.1, 0.15) is 0 Å². The second-order valence-electron chi connectivity index (χ2n) is 3.86. The molecular weight excluding hydrogens is 243 g/mol. The van der Waals surface area contributed by atoms with Gasteiger partial charge < -0.3 is 10.6 Å². The van der Waals surface area contributed by atoms with Gasteiger partial charge in [0.15, 0.2) is 0 Å². The van der Waals surface area contributed by atoms with Gasteiger partial charge in [-0.3, -0.25) is 0 Å². The summed E-state index contributed by atoms with van der Waals surface area (Å²) in [5, 5.41) is 1.20. The first kappa shape index (κ1) is 11.8. The van der Waals surface area contributed by atoms with Crippen LogP contribution in [0.3, 0.4) is 0 Å². The van der Waals surface area contributed by atoms with E-state index in [2.05, 4.69) is 11.0 Å². The van der Waals surface area contributed by atoms with Gasteiger partial charge in [-0.15, -0.1) is 0 Å². The van der Waals surface area contributed by atoms with Crippen molar-refractivity contribution in [2.75, 3.05) is 24.5 Å². The van der Waals surface area contributed by atoms with E-state index in [9.17, 15) is 0 Å². The smallest absolute Gasteiger partial charge is 0.0612 e. The molecule has 0 aromatic heterocycles. The Bertz CT molecular complexity index is 415. The zero-order valence-corrected chi connectivity index (χ0v) is 10.4. The lowest BCUT2D eigenvalue weighted by atomic mass is 10.1. The van der Waals surface area contributed by atoms with Crippen LogP contribution in [-0.4, -0.2) is 19.6 Å². The lowest BCUT2D eigenvalue weighted by Crippen LogP contribution is -2.29. The Kier molecular flexibility index (Phi) is 3.74. The Hall–Kier alpha value is -0.700. The first-order valence-corrected chi connectivity index (χ1v) is 6.04. The van der Waals surface area contributed by atoms with Gasteiger partial charge in [0.05, 0.1) is 10.0 Å². The van der Waals surface area contributed by atoms with E-state index in [1.165, 1.54) is 5.57 Å². The predicted octanol–water partition coefficient (Wildman–Crippen LogP) is 3.09. The molecule has 1 aliphatic heterocycles. The molecule has 1 heterocycles. The minimum Gasteiger partial charge on any atom is -0.367 e. The van der Waals surface area contributed by atoms with Crippen LogP contribution in [0, 0.1) is 0 Å². The highest BCUT2D eigenvalue weighted by Crippen LogP contribution is 2.28. The van der Waals surface area contributed by atoms with Crippen LogP contribution in [-0.2, 0) is 0 Å². The Labute approximate surface area is 106 Å². The highest BCUT2D eigenvalue weighted by atomic mass is 35.5. The molecule has 2 rings (SSSR count). The van der Waals surface area contributed by atoms with Crippen LogP contribution in [0.1, 0.15) is 6.42 Å². The zero-order valence-electron chi connectivity index (χ0n) is 8.92. The van der Waals surface area contributed by atoms with Crippen molar-refractivity contribution >= 4 is 28.9 Å².